The van der Waals surface area contributed by atoms with Crippen LogP contribution in [-0.4, -0.2) is 15.2 Å². The molecular formula is C14H22N2OS. The van der Waals surface area contributed by atoms with Crippen LogP contribution >= 0.6 is 11.8 Å². The van der Waals surface area contributed by atoms with Gasteiger partial charge in [0.2, 0.25) is 0 Å². The van der Waals surface area contributed by atoms with Gasteiger partial charge >= 0.3 is 5.69 Å². The third-order valence-electron chi connectivity index (χ3n) is 3.43. The number of thioether (sulfide) groups is 1. The summed E-state index contributed by atoms with van der Waals surface area (Å²) in [4.78, 5) is 19.3. The molecule has 0 bridgehead atoms. The summed E-state index contributed by atoms with van der Waals surface area (Å²) in [5.74, 6) is 0.739. The molecule has 0 saturated heterocycles. The van der Waals surface area contributed by atoms with Gasteiger partial charge in [-0.2, -0.15) is 0 Å². The Kier molecular flexibility index (Phi) is 4.87. The van der Waals surface area contributed by atoms with Crippen LogP contribution in [0, 0.1) is 5.92 Å². The lowest BCUT2D eigenvalue weighted by molar-refractivity contribution is 0.352. The molecule has 0 aromatic carbocycles. The molecule has 0 amide bonds. The maximum Gasteiger partial charge on any atom is 0.345 e. The van der Waals surface area contributed by atoms with Crippen molar-refractivity contribution in [3.63, 3.8) is 0 Å². The number of aromatic amines is 1. The van der Waals surface area contributed by atoms with Gasteiger partial charge in [0.1, 0.15) is 0 Å². The van der Waals surface area contributed by atoms with Gasteiger partial charge < -0.3 is 4.98 Å². The molecule has 4 heteroatoms. The number of aromatic nitrogens is 2. The van der Waals surface area contributed by atoms with Gasteiger partial charge in [0.15, 0.2) is 0 Å². The second kappa shape index (κ2) is 6.41. The lowest BCUT2D eigenvalue weighted by Crippen LogP contribution is -2.17. The molecule has 0 unspecified atom stereocenters. The van der Waals surface area contributed by atoms with Crippen LogP contribution in [0.15, 0.2) is 15.9 Å². The minimum Gasteiger partial charge on any atom is -0.309 e. The first-order valence-corrected chi connectivity index (χ1v) is 7.78. The van der Waals surface area contributed by atoms with Crippen molar-refractivity contribution < 1.29 is 0 Å². The van der Waals surface area contributed by atoms with Crippen LogP contribution in [-0.2, 0) is 6.42 Å². The molecule has 1 heterocycles. The molecule has 1 aromatic rings. The molecule has 18 heavy (non-hydrogen) atoms. The topological polar surface area (TPSA) is 45.8 Å². The van der Waals surface area contributed by atoms with Gasteiger partial charge in [-0.15, -0.1) is 11.8 Å². The number of hydrogen-bond acceptors (Lipinski definition) is 3. The Morgan fingerprint density at radius 3 is 2.78 bits per heavy atom. The van der Waals surface area contributed by atoms with Crippen LogP contribution in [0.25, 0.3) is 0 Å². The predicted octanol–water partition coefficient (Wildman–Crippen LogP) is 3.39. The van der Waals surface area contributed by atoms with E-state index in [4.69, 9.17) is 0 Å². The Labute approximate surface area is 113 Å². The molecule has 1 N–H and O–H groups in total. The summed E-state index contributed by atoms with van der Waals surface area (Å²) in [5, 5.41) is 0.516. The first-order chi connectivity index (χ1) is 8.65. The highest BCUT2D eigenvalue weighted by Gasteiger charge is 2.17. The number of H-pyrrole nitrogens is 1. The molecule has 3 nitrogen and oxygen atoms in total. The largest absolute Gasteiger partial charge is 0.345 e. The van der Waals surface area contributed by atoms with Crippen molar-refractivity contribution in [2.24, 2.45) is 5.92 Å². The molecule has 0 aliphatic heterocycles. The molecule has 1 saturated carbocycles. The van der Waals surface area contributed by atoms with Crippen molar-refractivity contribution >= 4 is 11.8 Å². The average Bonchev–Trinajstić information content (AvgIpc) is 2.33. The van der Waals surface area contributed by atoms with Gasteiger partial charge in [-0.05, 0) is 12.3 Å². The first-order valence-electron chi connectivity index (χ1n) is 6.90. The Morgan fingerprint density at radius 1 is 1.39 bits per heavy atom. The molecular weight excluding hydrogens is 244 g/mol. The minimum atomic E-state index is -0.214. The number of hydrogen-bond donors (Lipinski definition) is 1. The van der Waals surface area contributed by atoms with Gasteiger partial charge in [-0.3, -0.25) is 0 Å². The van der Waals surface area contributed by atoms with Gasteiger partial charge in [-0.25, -0.2) is 9.78 Å². The third-order valence-corrected chi connectivity index (χ3v) is 4.51. The van der Waals surface area contributed by atoms with E-state index in [0.29, 0.717) is 5.25 Å². The van der Waals surface area contributed by atoms with Crippen LogP contribution in [0.1, 0.15) is 51.6 Å². The maximum atomic E-state index is 11.4. The van der Waals surface area contributed by atoms with Crippen LogP contribution < -0.4 is 5.69 Å². The Morgan fingerprint density at radius 2 is 2.11 bits per heavy atom. The van der Waals surface area contributed by atoms with Crippen molar-refractivity contribution in [3.8, 4) is 0 Å². The van der Waals surface area contributed by atoms with E-state index in [1.54, 1.807) is 18.0 Å². The van der Waals surface area contributed by atoms with E-state index in [1.807, 2.05) is 0 Å². The summed E-state index contributed by atoms with van der Waals surface area (Å²) in [6.45, 7) is 4.33. The highest BCUT2D eigenvalue weighted by atomic mass is 32.2. The zero-order valence-corrected chi connectivity index (χ0v) is 12.1. The van der Waals surface area contributed by atoms with Gasteiger partial charge in [-0.1, -0.05) is 46.0 Å². The number of nitrogens with one attached hydrogen (secondary N) is 1. The van der Waals surface area contributed by atoms with E-state index in [9.17, 15) is 4.79 Å². The highest BCUT2D eigenvalue weighted by molar-refractivity contribution is 8.00. The summed E-state index contributed by atoms with van der Waals surface area (Å²) in [7, 11) is 0. The zero-order valence-electron chi connectivity index (χ0n) is 11.2. The molecule has 100 valence electrons. The van der Waals surface area contributed by atoms with Gasteiger partial charge in [0.05, 0.1) is 0 Å². The zero-order chi connectivity index (χ0) is 13.0. The molecule has 2 rings (SSSR count). The van der Waals surface area contributed by atoms with Crippen LogP contribution in [0.2, 0.25) is 0 Å². The van der Waals surface area contributed by atoms with E-state index in [0.717, 1.165) is 22.9 Å². The summed E-state index contributed by atoms with van der Waals surface area (Å²) in [5.41, 5.74) is 0.884. The lowest BCUT2D eigenvalue weighted by atomic mass is 9.86. The molecule has 0 atom stereocenters. The monoisotopic (exact) mass is 266 g/mol. The van der Waals surface area contributed by atoms with Crippen molar-refractivity contribution in [1.82, 2.24) is 9.97 Å². The highest BCUT2D eigenvalue weighted by Crippen LogP contribution is 2.30. The summed E-state index contributed by atoms with van der Waals surface area (Å²) < 4.78 is 0. The van der Waals surface area contributed by atoms with Crippen molar-refractivity contribution in [3.05, 3.63) is 22.4 Å². The minimum absolute atomic E-state index is 0.214. The molecule has 1 aromatic heterocycles. The van der Waals surface area contributed by atoms with E-state index in [1.165, 1.54) is 32.1 Å². The predicted molar refractivity (Wildman–Crippen MR) is 76.1 cm³/mol. The molecule has 0 radical (unpaired) electrons. The van der Waals surface area contributed by atoms with Crippen molar-refractivity contribution in [1.29, 1.82) is 0 Å². The summed E-state index contributed by atoms with van der Waals surface area (Å²) >= 11 is 1.79. The summed E-state index contributed by atoms with van der Waals surface area (Å²) in [6.07, 6.45) is 9.40. The van der Waals surface area contributed by atoms with E-state index in [-0.39, 0.29) is 5.69 Å². The van der Waals surface area contributed by atoms with Crippen molar-refractivity contribution in [2.75, 3.05) is 0 Å². The van der Waals surface area contributed by atoms with Crippen molar-refractivity contribution in [2.45, 2.75) is 62.5 Å². The molecule has 0 spiro atoms. The Balaban J connectivity index is 2.13. The first kappa shape index (κ1) is 13.7. The standard InChI is InChI=1S/C14H22N2OS/c1-10(2)18-13-9-15-14(17)16-12(13)8-11-6-4-3-5-7-11/h9-11H,3-8H2,1-2H3,(H,15,16,17). The summed E-state index contributed by atoms with van der Waals surface area (Å²) in [6, 6.07) is 0. The SMILES string of the molecule is CC(C)Sc1cnc(=O)[nH]c1CC1CCCCC1. The molecule has 1 aliphatic rings. The molecule has 1 aliphatic carbocycles. The number of nitrogens with zero attached hydrogens (tertiary/aromatic N) is 1. The Bertz CT molecular complexity index is 436. The van der Waals surface area contributed by atoms with E-state index >= 15 is 0 Å². The second-order valence-electron chi connectivity index (χ2n) is 5.41. The van der Waals surface area contributed by atoms with E-state index in [2.05, 4.69) is 23.8 Å². The average molecular weight is 266 g/mol. The quantitative estimate of drug-likeness (QED) is 0.850. The second-order valence-corrected chi connectivity index (χ2v) is 7.02. The smallest absolute Gasteiger partial charge is 0.309 e. The molecule has 1 fully saturated rings. The Hall–Kier alpha value is -0.770. The van der Waals surface area contributed by atoms with Crippen LogP contribution in [0.4, 0.5) is 0 Å². The number of rotatable bonds is 4. The van der Waals surface area contributed by atoms with Crippen LogP contribution in [0.5, 0.6) is 0 Å². The van der Waals surface area contributed by atoms with Crippen LogP contribution in [0.3, 0.4) is 0 Å². The third kappa shape index (κ3) is 3.87. The maximum absolute atomic E-state index is 11.4. The van der Waals surface area contributed by atoms with Gasteiger partial charge in [0.25, 0.3) is 0 Å². The van der Waals surface area contributed by atoms with E-state index < -0.39 is 0 Å². The fourth-order valence-electron chi connectivity index (χ4n) is 2.61. The normalized spacial score (nSPS) is 17.3. The fraction of sp³-hybridized carbons (Fsp3) is 0.714. The lowest BCUT2D eigenvalue weighted by Gasteiger charge is -2.22. The van der Waals surface area contributed by atoms with Gasteiger partial charge in [0, 0.05) is 22.0 Å². The fourth-order valence-corrected chi connectivity index (χ4v) is 3.50.